The van der Waals surface area contributed by atoms with Gasteiger partial charge >= 0.3 is 5.97 Å². The number of methoxy groups -OCH3 is 4. The molecule has 2 fully saturated rings. The van der Waals surface area contributed by atoms with Crippen LogP contribution in [0.15, 0.2) is 66.7 Å². The zero-order chi connectivity index (χ0) is 33.5. The highest BCUT2D eigenvalue weighted by atomic mass is 16.8. The van der Waals surface area contributed by atoms with Gasteiger partial charge < -0.3 is 58.3 Å². The minimum absolute atomic E-state index is 0.0474. The number of hydrogen-bond acceptors (Lipinski definition) is 13. The first kappa shape index (κ1) is 33.0. The van der Waals surface area contributed by atoms with Gasteiger partial charge in [0.25, 0.3) is 6.29 Å². The molecule has 0 bridgehead atoms. The van der Waals surface area contributed by atoms with E-state index >= 15 is 0 Å². The molecule has 1 aliphatic carbocycles. The van der Waals surface area contributed by atoms with Crippen molar-refractivity contribution in [2.45, 2.75) is 48.0 Å². The lowest BCUT2D eigenvalue weighted by Crippen LogP contribution is -2.52. The van der Waals surface area contributed by atoms with Crippen LogP contribution in [0.2, 0.25) is 0 Å². The number of aliphatic hydroxyl groups is 4. The fourth-order valence-corrected chi connectivity index (χ4v) is 7.11. The van der Waals surface area contributed by atoms with E-state index in [4.69, 9.17) is 37.9 Å². The molecular formula is C34H38O13. The number of benzene rings is 3. The molecule has 4 N–H and O–H groups in total. The molecule has 1 saturated carbocycles. The van der Waals surface area contributed by atoms with Gasteiger partial charge in [0.15, 0.2) is 11.2 Å². The van der Waals surface area contributed by atoms with Crippen LogP contribution in [0.4, 0.5) is 0 Å². The van der Waals surface area contributed by atoms with E-state index in [-0.39, 0.29) is 29.4 Å². The fourth-order valence-electron chi connectivity index (χ4n) is 7.11. The van der Waals surface area contributed by atoms with Gasteiger partial charge in [-0.25, -0.2) is 0 Å². The van der Waals surface area contributed by atoms with E-state index in [0.29, 0.717) is 16.9 Å². The van der Waals surface area contributed by atoms with E-state index in [0.717, 1.165) is 0 Å². The third-order valence-electron chi connectivity index (χ3n) is 9.25. The number of carbonyl (C=O) groups excluding carboxylic acids is 1. The van der Waals surface area contributed by atoms with Gasteiger partial charge in [0.05, 0.1) is 46.0 Å². The molecule has 47 heavy (non-hydrogen) atoms. The van der Waals surface area contributed by atoms with Crippen LogP contribution < -0.4 is 18.9 Å². The molecule has 13 heteroatoms. The quantitative estimate of drug-likeness (QED) is 0.233. The van der Waals surface area contributed by atoms with E-state index in [1.165, 1.54) is 40.6 Å². The zero-order valence-electron chi connectivity index (χ0n) is 26.3. The Morgan fingerprint density at radius 3 is 2.32 bits per heavy atom. The van der Waals surface area contributed by atoms with Crippen molar-refractivity contribution in [3.8, 4) is 23.0 Å². The van der Waals surface area contributed by atoms with Gasteiger partial charge in [-0.2, -0.15) is 0 Å². The molecule has 9 atom stereocenters. The summed E-state index contributed by atoms with van der Waals surface area (Å²) in [6.07, 6.45) is -6.03. The Morgan fingerprint density at radius 1 is 0.979 bits per heavy atom. The summed E-state index contributed by atoms with van der Waals surface area (Å²) < 4.78 is 46.2. The minimum atomic E-state index is -2.25. The number of hydrogen-bond donors (Lipinski definition) is 4. The van der Waals surface area contributed by atoms with Gasteiger partial charge in [0, 0.05) is 25.2 Å². The SMILES string of the molecule is COC(=O)[C@@H]1[C@@H](O)[C@@]2(O)c3c(OC)cc(O[C@@H]4O[C@@H]([C@H](O)CO)CO[C@@H]4OC)cc3O[C@@]2(c2ccc(OC)cc2)[C@H]1c1ccccc1. The minimum Gasteiger partial charge on any atom is -0.497 e. The lowest BCUT2D eigenvalue weighted by atomic mass is 9.70. The molecule has 1 saturated heterocycles. The normalized spacial score (nSPS) is 31.7. The smallest absolute Gasteiger partial charge is 0.312 e. The summed E-state index contributed by atoms with van der Waals surface area (Å²) in [6, 6.07) is 18.8. The van der Waals surface area contributed by atoms with E-state index in [9.17, 15) is 25.2 Å². The Labute approximate surface area is 271 Å². The highest BCUT2D eigenvalue weighted by molar-refractivity contribution is 5.78. The molecule has 252 valence electrons. The first-order chi connectivity index (χ1) is 22.7. The summed E-state index contributed by atoms with van der Waals surface area (Å²) in [6.45, 7) is -0.601. The van der Waals surface area contributed by atoms with Gasteiger partial charge in [-0.3, -0.25) is 4.79 Å². The van der Waals surface area contributed by atoms with Crippen molar-refractivity contribution in [1.29, 1.82) is 0 Å². The average Bonchev–Trinajstić information content (AvgIpc) is 3.49. The Balaban J connectivity index is 1.52. The molecule has 0 spiro atoms. The molecule has 3 aromatic carbocycles. The molecule has 0 aromatic heterocycles. The largest absolute Gasteiger partial charge is 0.497 e. The molecule has 3 aromatic rings. The third kappa shape index (κ3) is 5.10. The second kappa shape index (κ2) is 12.9. The summed E-state index contributed by atoms with van der Waals surface area (Å²) in [4.78, 5) is 13.5. The van der Waals surface area contributed by atoms with Crippen LogP contribution in [0.3, 0.4) is 0 Å². The summed E-state index contributed by atoms with van der Waals surface area (Å²) in [5, 5.41) is 44.7. The molecular weight excluding hydrogens is 616 g/mol. The molecule has 0 unspecified atom stereocenters. The van der Waals surface area contributed by atoms with E-state index in [2.05, 4.69) is 0 Å². The number of rotatable bonds is 10. The maximum absolute atomic E-state index is 13.5. The molecule has 13 nitrogen and oxygen atoms in total. The van der Waals surface area contributed by atoms with Crippen LogP contribution in [0.25, 0.3) is 0 Å². The van der Waals surface area contributed by atoms with Crippen LogP contribution in [0, 0.1) is 5.92 Å². The molecule has 6 rings (SSSR count). The van der Waals surface area contributed by atoms with Crippen molar-refractivity contribution in [1.82, 2.24) is 0 Å². The Hall–Kier alpha value is -3.95. The van der Waals surface area contributed by atoms with Crippen molar-refractivity contribution in [3.63, 3.8) is 0 Å². The van der Waals surface area contributed by atoms with Crippen molar-refractivity contribution >= 4 is 5.97 Å². The number of ether oxygens (including phenoxy) is 8. The van der Waals surface area contributed by atoms with E-state index in [1.807, 2.05) is 6.07 Å². The predicted octanol–water partition coefficient (Wildman–Crippen LogP) is 1.57. The van der Waals surface area contributed by atoms with Crippen molar-refractivity contribution in [3.05, 3.63) is 83.4 Å². The summed E-state index contributed by atoms with van der Waals surface area (Å²) in [7, 11) is 5.54. The predicted molar refractivity (Wildman–Crippen MR) is 162 cm³/mol. The van der Waals surface area contributed by atoms with Crippen LogP contribution in [-0.2, 0) is 34.9 Å². The fraction of sp³-hybridized carbons (Fsp3) is 0.441. The number of fused-ring (bicyclic) bond motifs is 3. The lowest BCUT2D eigenvalue weighted by Gasteiger charge is -2.40. The number of aliphatic hydroxyl groups excluding tert-OH is 3. The second-order valence-electron chi connectivity index (χ2n) is 11.6. The zero-order valence-corrected chi connectivity index (χ0v) is 26.3. The van der Waals surface area contributed by atoms with Gasteiger partial charge in [-0.1, -0.05) is 42.5 Å². The first-order valence-electron chi connectivity index (χ1n) is 15.0. The first-order valence-corrected chi connectivity index (χ1v) is 15.0. The van der Waals surface area contributed by atoms with Crippen LogP contribution in [0.1, 0.15) is 22.6 Å². The Kier molecular flexibility index (Phi) is 9.06. The Bertz CT molecular complexity index is 1570. The molecule has 3 aliphatic rings. The highest BCUT2D eigenvalue weighted by Gasteiger charge is 2.78. The molecule has 2 aliphatic heterocycles. The van der Waals surface area contributed by atoms with Gasteiger partial charge in [0.1, 0.15) is 41.3 Å². The maximum Gasteiger partial charge on any atom is 0.312 e. The monoisotopic (exact) mass is 654 g/mol. The van der Waals surface area contributed by atoms with Crippen LogP contribution >= 0.6 is 0 Å². The highest BCUT2D eigenvalue weighted by Crippen LogP contribution is 2.70. The second-order valence-corrected chi connectivity index (χ2v) is 11.6. The standard InChI is InChI=1S/C34H38O13/c1-40-20-12-10-19(11-13-20)34-27(18-8-6-5-7-9-18)26(30(38)42-3)29(37)33(34,39)28-23(41-2)14-21(15-24(28)47-34)45-32-31(43-4)44-17-25(46-32)22(36)16-35/h5-15,22,25-27,29,31-32,35-37,39H,16-17H2,1-4H3/t22-,25-,26+,27+,29-,31+,32-,33+,34+/m1/s1. The van der Waals surface area contributed by atoms with Crippen LogP contribution in [0.5, 0.6) is 23.0 Å². The number of carbonyl (C=O) groups is 1. The van der Waals surface area contributed by atoms with Crippen molar-refractivity contribution in [2.24, 2.45) is 5.92 Å². The number of esters is 1. The molecule has 2 heterocycles. The molecule has 0 amide bonds. The van der Waals surface area contributed by atoms with Gasteiger partial charge in [-0.05, 0) is 23.3 Å². The topological polar surface area (TPSA) is 172 Å². The van der Waals surface area contributed by atoms with Gasteiger partial charge in [0.2, 0.25) is 6.29 Å². The molecule has 0 radical (unpaired) electrons. The van der Waals surface area contributed by atoms with Crippen molar-refractivity contribution < 1.29 is 63.1 Å². The van der Waals surface area contributed by atoms with E-state index in [1.54, 1.807) is 48.5 Å². The third-order valence-corrected chi connectivity index (χ3v) is 9.25. The summed E-state index contributed by atoms with van der Waals surface area (Å²) in [5.74, 6) is -2.05. The van der Waals surface area contributed by atoms with Gasteiger partial charge in [-0.15, -0.1) is 0 Å². The van der Waals surface area contributed by atoms with Crippen LogP contribution in [-0.4, -0.2) is 98.9 Å². The van der Waals surface area contributed by atoms with E-state index < -0.39 is 66.5 Å². The lowest BCUT2D eigenvalue weighted by molar-refractivity contribution is -0.324. The average molecular weight is 655 g/mol. The summed E-state index contributed by atoms with van der Waals surface area (Å²) in [5.41, 5.74) is -2.88. The maximum atomic E-state index is 13.5. The summed E-state index contributed by atoms with van der Waals surface area (Å²) >= 11 is 0. The van der Waals surface area contributed by atoms with Crippen molar-refractivity contribution in [2.75, 3.05) is 41.7 Å². The Morgan fingerprint density at radius 2 is 1.70 bits per heavy atom.